The predicted octanol–water partition coefficient (Wildman–Crippen LogP) is 1.79. The van der Waals surface area contributed by atoms with Crippen LogP contribution in [0, 0.1) is 0 Å². The summed E-state index contributed by atoms with van der Waals surface area (Å²) in [7, 11) is 1.69. The van der Waals surface area contributed by atoms with Gasteiger partial charge in [0.1, 0.15) is 5.60 Å². The maximum Gasteiger partial charge on any atom is 0.410 e. The Kier molecular flexibility index (Phi) is 10.9. The van der Waals surface area contributed by atoms with Crippen molar-refractivity contribution in [3.05, 3.63) is 0 Å². The van der Waals surface area contributed by atoms with Crippen LogP contribution in [0.25, 0.3) is 0 Å². The van der Waals surface area contributed by atoms with Crippen LogP contribution in [0.1, 0.15) is 34.1 Å². The Morgan fingerprint density at radius 2 is 2.00 bits per heavy atom. The minimum Gasteiger partial charge on any atom is -0.444 e. The average Bonchev–Trinajstić information content (AvgIpc) is 2.23. The normalized spacial score (nSPS) is 11.5. The molecule has 19 heavy (non-hydrogen) atoms. The second-order valence-electron chi connectivity index (χ2n) is 5.10. The number of aliphatic imine (C=N–C) groups is 1. The number of carbonyl (C=O) groups is 1. The number of carbonyl (C=O) groups excluding carboxylic acids is 1. The van der Waals surface area contributed by atoms with Crippen LogP contribution in [0.3, 0.4) is 0 Å². The van der Waals surface area contributed by atoms with Gasteiger partial charge >= 0.3 is 6.09 Å². The van der Waals surface area contributed by atoms with Crippen molar-refractivity contribution >= 4 is 36.0 Å². The van der Waals surface area contributed by atoms with Crippen molar-refractivity contribution in [2.75, 3.05) is 26.7 Å². The zero-order valence-corrected chi connectivity index (χ0v) is 14.9. The van der Waals surface area contributed by atoms with Crippen LogP contribution in [0.15, 0.2) is 4.99 Å². The lowest BCUT2D eigenvalue weighted by Gasteiger charge is -2.24. The van der Waals surface area contributed by atoms with E-state index < -0.39 is 5.60 Å². The minimum absolute atomic E-state index is 0. The molecule has 0 bridgehead atoms. The molecule has 0 aromatic rings. The van der Waals surface area contributed by atoms with Gasteiger partial charge in [0.2, 0.25) is 0 Å². The van der Waals surface area contributed by atoms with E-state index in [0.717, 1.165) is 6.42 Å². The van der Waals surface area contributed by atoms with Crippen molar-refractivity contribution in [3.8, 4) is 0 Å². The van der Waals surface area contributed by atoms with E-state index in [4.69, 9.17) is 10.5 Å². The van der Waals surface area contributed by atoms with Gasteiger partial charge in [-0.25, -0.2) is 4.79 Å². The molecule has 0 radical (unpaired) electrons. The third-order valence-corrected chi connectivity index (χ3v) is 1.96. The molecular formula is C12H27IN4O2. The van der Waals surface area contributed by atoms with E-state index in [9.17, 15) is 4.79 Å². The van der Waals surface area contributed by atoms with E-state index in [2.05, 4.69) is 10.3 Å². The smallest absolute Gasteiger partial charge is 0.410 e. The Bertz CT molecular complexity index is 290. The predicted molar refractivity (Wildman–Crippen MR) is 89.1 cm³/mol. The quantitative estimate of drug-likeness (QED) is 0.429. The van der Waals surface area contributed by atoms with Gasteiger partial charge in [0.25, 0.3) is 0 Å². The van der Waals surface area contributed by atoms with Crippen LogP contribution in [0.5, 0.6) is 0 Å². The monoisotopic (exact) mass is 386 g/mol. The molecule has 7 heteroatoms. The van der Waals surface area contributed by atoms with Crippen molar-refractivity contribution in [3.63, 3.8) is 0 Å². The topological polar surface area (TPSA) is 80.0 Å². The Labute approximate surface area is 133 Å². The molecule has 0 aliphatic heterocycles. The van der Waals surface area contributed by atoms with Gasteiger partial charge in [-0.05, 0) is 27.2 Å². The van der Waals surface area contributed by atoms with Gasteiger partial charge in [-0.15, -0.1) is 24.0 Å². The molecule has 0 saturated carbocycles. The van der Waals surface area contributed by atoms with Crippen LogP contribution >= 0.6 is 24.0 Å². The summed E-state index contributed by atoms with van der Waals surface area (Å²) in [5.74, 6) is 0.412. The Hall–Kier alpha value is -0.730. The molecule has 0 unspecified atom stereocenters. The second kappa shape index (κ2) is 10.1. The first-order valence-corrected chi connectivity index (χ1v) is 6.24. The fraction of sp³-hybridized carbons (Fsp3) is 0.833. The molecule has 0 atom stereocenters. The Morgan fingerprint density at radius 3 is 2.47 bits per heavy atom. The molecule has 0 fully saturated rings. The summed E-state index contributed by atoms with van der Waals surface area (Å²) in [5, 5.41) is 2.94. The van der Waals surface area contributed by atoms with Crippen LogP contribution in [-0.4, -0.2) is 49.2 Å². The molecule has 0 spiro atoms. The SMILES string of the molecule is CCCN=C(N)NCCN(C)C(=O)OC(C)(C)C.I. The van der Waals surface area contributed by atoms with Gasteiger partial charge in [0.05, 0.1) is 0 Å². The average molecular weight is 386 g/mol. The Morgan fingerprint density at radius 1 is 1.42 bits per heavy atom. The fourth-order valence-corrected chi connectivity index (χ4v) is 1.07. The lowest BCUT2D eigenvalue weighted by molar-refractivity contribution is 0.0302. The first-order chi connectivity index (χ1) is 8.26. The summed E-state index contributed by atoms with van der Waals surface area (Å²) in [6.45, 7) is 9.32. The van der Waals surface area contributed by atoms with Gasteiger partial charge in [-0.3, -0.25) is 4.99 Å². The molecule has 1 amide bonds. The number of halogens is 1. The zero-order valence-electron chi connectivity index (χ0n) is 12.5. The van der Waals surface area contributed by atoms with Gasteiger partial charge in [-0.1, -0.05) is 6.92 Å². The lowest BCUT2D eigenvalue weighted by Crippen LogP contribution is -2.41. The number of rotatable bonds is 5. The van der Waals surface area contributed by atoms with E-state index in [1.165, 1.54) is 4.90 Å². The van der Waals surface area contributed by atoms with Crippen molar-refractivity contribution < 1.29 is 9.53 Å². The van der Waals surface area contributed by atoms with Crippen LogP contribution in [0.4, 0.5) is 4.79 Å². The number of amides is 1. The third-order valence-electron chi connectivity index (χ3n) is 1.96. The number of hydrogen-bond donors (Lipinski definition) is 2. The summed E-state index contributed by atoms with van der Waals surface area (Å²) in [5.41, 5.74) is 5.16. The number of nitrogens with zero attached hydrogens (tertiary/aromatic N) is 2. The van der Waals surface area contributed by atoms with Crippen molar-refractivity contribution in [2.45, 2.75) is 39.7 Å². The van der Waals surface area contributed by atoms with Crippen LogP contribution in [0.2, 0.25) is 0 Å². The number of nitrogens with two attached hydrogens (primary N) is 1. The third kappa shape index (κ3) is 12.1. The van der Waals surface area contributed by atoms with E-state index in [0.29, 0.717) is 25.6 Å². The molecule has 114 valence electrons. The summed E-state index contributed by atoms with van der Waals surface area (Å²) in [4.78, 5) is 17.2. The van der Waals surface area contributed by atoms with Crippen molar-refractivity contribution in [2.24, 2.45) is 10.7 Å². The lowest BCUT2D eigenvalue weighted by atomic mass is 10.2. The maximum absolute atomic E-state index is 11.6. The largest absolute Gasteiger partial charge is 0.444 e. The molecule has 3 N–H and O–H groups in total. The second-order valence-corrected chi connectivity index (χ2v) is 5.10. The van der Waals surface area contributed by atoms with Crippen molar-refractivity contribution in [1.29, 1.82) is 0 Å². The molecule has 0 heterocycles. The number of hydrogen-bond acceptors (Lipinski definition) is 3. The molecular weight excluding hydrogens is 359 g/mol. The van der Waals surface area contributed by atoms with Crippen molar-refractivity contribution in [1.82, 2.24) is 10.2 Å². The summed E-state index contributed by atoms with van der Waals surface area (Å²) < 4.78 is 5.22. The highest BCUT2D eigenvalue weighted by atomic mass is 127. The molecule has 0 saturated heterocycles. The highest BCUT2D eigenvalue weighted by molar-refractivity contribution is 14.0. The molecule has 6 nitrogen and oxygen atoms in total. The summed E-state index contributed by atoms with van der Waals surface area (Å²) in [6, 6.07) is 0. The van der Waals surface area contributed by atoms with Gasteiger partial charge in [0.15, 0.2) is 5.96 Å². The number of nitrogens with one attached hydrogen (secondary N) is 1. The minimum atomic E-state index is -0.472. The van der Waals surface area contributed by atoms with E-state index >= 15 is 0 Å². The van der Waals surface area contributed by atoms with Crippen LogP contribution in [-0.2, 0) is 4.74 Å². The highest BCUT2D eigenvalue weighted by Crippen LogP contribution is 2.08. The standard InChI is InChI=1S/C12H26N4O2.HI/c1-6-7-14-10(13)15-8-9-16(5)11(17)18-12(2,3)4;/h6-9H2,1-5H3,(H3,13,14,15);1H. The zero-order chi connectivity index (χ0) is 14.2. The number of guanidine groups is 1. The fourth-order valence-electron chi connectivity index (χ4n) is 1.07. The molecule has 0 aromatic heterocycles. The van der Waals surface area contributed by atoms with Gasteiger partial charge in [-0.2, -0.15) is 0 Å². The molecule has 0 aliphatic rings. The first-order valence-electron chi connectivity index (χ1n) is 6.24. The number of ether oxygens (including phenoxy) is 1. The summed E-state index contributed by atoms with van der Waals surface area (Å²) >= 11 is 0. The molecule has 0 aromatic carbocycles. The van der Waals surface area contributed by atoms with E-state index in [-0.39, 0.29) is 30.1 Å². The molecule has 0 aliphatic carbocycles. The summed E-state index contributed by atoms with van der Waals surface area (Å²) in [6.07, 6.45) is 0.619. The highest BCUT2D eigenvalue weighted by Gasteiger charge is 2.18. The maximum atomic E-state index is 11.6. The Balaban J connectivity index is 0. The first kappa shape index (κ1) is 20.6. The van der Waals surface area contributed by atoms with Crippen LogP contribution < -0.4 is 11.1 Å². The van der Waals surface area contributed by atoms with E-state index in [1.807, 2.05) is 27.7 Å². The van der Waals surface area contributed by atoms with Gasteiger partial charge in [0, 0.05) is 26.7 Å². The van der Waals surface area contributed by atoms with Gasteiger partial charge < -0.3 is 20.7 Å². The van der Waals surface area contributed by atoms with E-state index in [1.54, 1.807) is 7.05 Å². The molecule has 0 rings (SSSR count). The number of likely N-dealkylation sites (N-methyl/N-ethyl adjacent to an activating group) is 1.